The number of rotatable bonds is 5. The molecule has 0 saturated carbocycles. The number of carbonyl (C=O) groups is 1. The van der Waals surface area contributed by atoms with E-state index in [0.717, 1.165) is 13.1 Å². The highest BCUT2D eigenvalue weighted by molar-refractivity contribution is 5.71. The van der Waals surface area contributed by atoms with Gasteiger partial charge in [0, 0.05) is 19.1 Å². The van der Waals surface area contributed by atoms with Crippen molar-refractivity contribution in [3.8, 4) is 0 Å². The monoisotopic (exact) mass is 231 g/mol. The third-order valence-corrected chi connectivity index (χ3v) is 2.78. The lowest BCUT2D eigenvalue weighted by molar-refractivity contribution is -0.153. The van der Waals surface area contributed by atoms with Crippen molar-refractivity contribution in [2.24, 2.45) is 0 Å². The number of carboxylic acids is 1. The summed E-state index contributed by atoms with van der Waals surface area (Å²) in [5.41, 5.74) is 0. The number of morpholine rings is 1. The molecule has 5 nitrogen and oxygen atoms in total. The van der Waals surface area contributed by atoms with Crippen molar-refractivity contribution in [1.82, 2.24) is 4.90 Å². The Morgan fingerprint density at radius 3 is 2.81 bits per heavy atom. The number of hydrogen-bond acceptors (Lipinski definition) is 4. The molecule has 1 N–H and O–H groups in total. The molecule has 16 heavy (non-hydrogen) atoms. The molecular formula is C11H21NO4. The molecule has 0 aromatic heterocycles. The van der Waals surface area contributed by atoms with Gasteiger partial charge in [0.25, 0.3) is 0 Å². The summed E-state index contributed by atoms with van der Waals surface area (Å²) < 4.78 is 10.7. The summed E-state index contributed by atoms with van der Waals surface area (Å²) in [5.74, 6) is -0.934. The van der Waals surface area contributed by atoms with E-state index < -0.39 is 12.1 Å². The third-order valence-electron chi connectivity index (χ3n) is 2.78. The summed E-state index contributed by atoms with van der Waals surface area (Å²) >= 11 is 0. The molecule has 1 heterocycles. The molecule has 94 valence electrons. The maximum Gasteiger partial charge on any atom is 0.332 e. The molecule has 2 atom stereocenters. The number of carboxylic acid groups (broad SMARTS) is 1. The van der Waals surface area contributed by atoms with Gasteiger partial charge in [-0.3, -0.25) is 4.90 Å². The van der Waals surface area contributed by atoms with Crippen molar-refractivity contribution in [2.75, 3.05) is 26.3 Å². The van der Waals surface area contributed by atoms with Crippen LogP contribution in [0, 0.1) is 0 Å². The van der Waals surface area contributed by atoms with Crippen molar-refractivity contribution in [1.29, 1.82) is 0 Å². The third kappa shape index (κ3) is 4.08. The molecule has 0 aliphatic carbocycles. The maximum absolute atomic E-state index is 10.6. The summed E-state index contributed by atoms with van der Waals surface area (Å²) in [6.45, 7) is 8.59. The predicted molar refractivity (Wildman–Crippen MR) is 59.5 cm³/mol. The van der Waals surface area contributed by atoms with Crippen LogP contribution < -0.4 is 0 Å². The molecule has 5 heteroatoms. The van der Waals surface area contributed by atoms with Crippen LogP contribution in [0.15, 0.2) is 0 Å². The van der Waals surface area contributed by atoms with E-state index in [4.69, 9.17) is 14.6 Å². The van der Waals surface area contributed by atoms with Crippen LogP contribution in [0.2, 0.25) is 0 Å². The van der Waals surface area contributed by atoms with Crippen molar-refractivity contribution < 1.29 is 19.4 Å². The molecule has 0 amide bonds. The van der Waals surface area contributed by atoms with Crippen molar-refractivity contribution >= 4 is 5.97 Å². The molecule has 1 aliphatic rings. The molecule has 1 rings (SSSR count). The van der Waals surface area contributed by atoms with Gasteiger partial charge in [-0.2, -0.15) is 0 Å². The van der Waals surface area contributed by atoms with Crippen LogP contribution >= 0.6 is 0 Å². The van der Waals surface area contributed by atoms with Crippen LogP contribution in [-0.4, -0.2) is 60.5 Å². The fourth-order valence-electron chi connectivity index (χ4n) is 1.63. The smallest absolute Gasteiger partial charge is 0.332 e. The van der Waals surface area contributed by atoms with E-state index in [-0.39, 0.29) is 6.10 Å². The van der Waals surface area contributed by atoms with Gasteiger partial charge in [0.2, 0.25) is 0 Å². The topological polar surface area (TPSA) is 59.0 Å². The Hall–Kier alpha value is -0.650. The SMILES string of the molecule is CC(C)N1CCOC(CO[C@@H](C)C(=O)O)C1. The van der Waals surface area contributed by atoms with Gasteiger partial charge in [-0.25, -0.2) is 4.79 Å². The summed E-state index contributed by atoms with van der Waals surface area (Å²) in [7, 11) is 0. The molecule has 0 bridgehead atoms. The van der Waals surface area contributed by atoms with Crippen molar-refractivity contribution in [2.45, 2.75) is 39.0 Å². The standard InChI is InChI=1S/C11H21NO4/c1-8(2)12-4-5-15-10(6-12)7-16-9(3)11(13)14/h8-10H,4-7H2,1-3H3,(H,13,14)/t9-,10?/m0/s1. The average molecular weight is 231 g/mol. The van der Waals surface area contributed by atoms with Gasteiger partial charge in [-0.15, -0.1) is 0 Å². The van der Waals surface area contributed by atoms with Gasteiger partial charge >= 0.3 is 5.97 Å². The Morgan fingerprint density at radius 2 is 2.25 bits per heavy atom. The Balaban J connectivity index is 2.29. The second kappa shape index (κ2) is 6.18. The average Bonchev–Trinajstić information content (AvgIpc) is 2.26. The quantitative estimate of drug-likeness (QED) is 0.750. The fraction of sp³-hybridized carbons (Fsp3) is 0.909. The summed E-state index contributed by atoms with van der Waals surface area (Å²) in [5, 5.41) is 8.68. The van der Waals surface area contributed by atoms with Gasteiger partial charge in [-0.05, 0) is 20.8 Å². The second-order valence-corrected chi connectivity index (χ2v) is 4.40. The van der Waals surface area contributed by atoms with Gasteiger partial charge in [0.05, 0.1) is 19.3 Å². The molecule has 0 aromatic rings. The van der Waals surface area contributed by atoms with E-state index in [0.29, 0.717) is 19.3 Å². The lowest BCUT2D eigenvalue weighted by atomic mass is 10.2. The van der Waals surface area contributed by atoms with Crippen LogP contribution in [0.4, 0.5) is 0 Å². The van der Waals surface area contributed by atoms with E-state index >= 15 is 0 Å². The number of nitrogens with zero attached hydrogens (tertiary/aromatic N) is 1. The minimum Gasteiger partial charge on any atom is -0.479 e. The predicted octanol–water partition coefficient (Wildman–Crippen LogP) is 0.585. The normalized spacial score (nSPS) is 24.6. The first-order valence-corrected chi connectivity index (χ1v) is 5.70. The molecule has 1 saturated heterocycles. The van der Waals surface area contributed by atoms with E-state index in [1.54, 1.807) is 0 Å². The Bertz CT molecular complexity index is 232. The second-order valence-electron chi connectivity index (χ2n) is 4.40. The van der Waals surface area contributed by atoms with Gasteiger partial charge in [0.15, 0.2) is 6.10 Å². The zero-order valence-electron chi connectivity index (χ0n) is 10.2. The number of aliphatic carboxylic acids is 1. The van der Waals surface area contributed by atoms with Gasteiger partial charge in [0.1, 0.15) is 0 Å². The van der Waals surface area contributed by atoms with E-state index in [1.165, 1.54) is 6.92 Å². The fourth-order valence-corrected chi connectivity index (χ4v) is 1.63. The van der Waals surface area contributed by atoms with Gasteiger partial charge < -0.3 is 14.6 Å². The molecular weight excluding hydrogens is 210 g/mol. The zero-order valence-corrected chi connectivity index (χ0v) is 10.2. The zero-order chi connectivity index (χ0) is 12.1. The first-order chi connectivity index (χ1) is 7.50. The summed E-state index contributed by atoms with van der Waals surface area (Å²) in [6.07, 6.45) is -0.782. The van der Waals surface area contributed by atoms with Crippen molar-refractivity contribution in [3.63, 3.8) is 0 Å². The summed E-state index contributed by atoms with van der Waals surface area (Å²) in [6, 6.07) is 0.489. The van der Waals surface area contributed by atoms with Crippen molar-refractivity contribution in [3.05, 3.63) is 0 Å². The molecule has 1 aliphatic heterocycles. The number of ether oxygens (including phenoxy) is 2. The van der Waals surface area contributed by atoms with E-state index in [9.17, 15) is 4.79 Å². The van der Waals surface area contributed by atoms with Crippen LogP contribution in [0.3, 0.4) is 0 Å². The minimum absolute atomic E-state index is 0.0158. The highest BCUT2D eigenvalue weighted by Gasteiger charge is 2.23. The minimum atomic E-state index is -0.934. The van der Waals surface area contributed by atoms with E-state index in [1.807, 2.05) is 0 Å². The van der Waals surface area contributed by atoms with E-state index in [2.05, 4.69) is 18.7 Å². The first-order valence-electron chi connectivity index (χ1n) is 5.70. The van der Waals surface area contributed by atoms with Crippen LogP contribution in [-0.2, 0) is 14.3 Å². The van der Waals surface area contributed by atoms with Gasteiger partial charge in [-0.1, -0.05) is 0 Å². The lowest BCUT2D eigenvalue weighted by Crippen LogP contribution is -2.47. The molecule has 0 spiro atoms. The molecule has 1 fully saturated rings. The first kappa shape index (κ1) is 13.4. The lowest BCUT2D eigenvalue weighted by Gasteiger charge is -2.35. The Kier molecular flexibility index (Phi) is 5.18. The highest BCUT2D eigenvalue weighted by Crippen LogP contribution is 2.09. The highest BCUT2D eigenvalue weighted by atomic mass is 16.5. The van der Waals surface area contributed by atoms with Crippen LogP contribution in [0.25, 0.3) is 0 Å². The molecule has 0 aromatic carbocycles. The molecule has 1 unspecified atom stereocenters. The van der Waals surface area contributed by atoms with Crippen LogP contribution in [0.5, 0.6) is 0 Å². The maximum atomic E-state index is 10.6. The number of hydrogen-bond donors (Lipinski definition) is 1. The Labute approximate surface area is 96.3 Å². The largest absolute Gasteiger partial charge is 0.479 e. The Morgan fingerprint density at radius 1 is 1.56 bits per heavy atom. The summed E-state index contributed by atoms with van der Waals surface area (Å²) in [4.78, 5) is 12.9. The van der Waals surface area contributed by atoms with Crippen LogP contribution in [0.1, 0.15) is 20.8 Å². The molecule has 0 radical (unpaired) electrons.